The number of alkyl halides is 3. The lowest BCUT2D eigenvalue weighted by molar-refractivity contribution is -0.192. The molecule has 1 saturated carbocycles. The number of hydroxylamine groups is 1. The Kier molecular flexibility index (Phi) is 9.89. The van der Waals surface area contributed by atoms with E-state index in [9.17, 15) is 28.0 Å². The van der Waals surface area contributed by atoms with E-state index in [1.807, 2.05) is 53.4 Å². The van der Waals surface area contributed by atoms with Crippen LogP contribution in [-0.4, -0.2) is 65.4 Å². The lowest BCUT2D eigenvalue weighted by Crippen LogP contribution is -2.52. The van der Waals surface area contributed by atoms with E-state index in [1.165, 1.54) is 5.69 Å². The first-order chi connectivity index (χ1) is 18.1. The number of nitrogens with one attached hydrogen (secondary N) is 1. The van der Waals surface area contributed by atoms with Crippen LogP contribution in [0.4, 0.5) is 18.9 Å². The zero-order valence-corrected chi connectivity index (χ0v) is 20.6. The quantitative estimate of drug-likeness (QED) is 0.405. The van der Waals surface area contributed by atoms with Crippen molar-refractivity contribution >= 4 is 29.5 Å². The third kappa shape index (κ3) is 7.82. The molecule has 0 bridgehead atoms. The lowest BCUT2D eigenvalue weighted by atomic mass is 9.75. The van der Waals surface area contributed by atoms with E-state index in [-0.39, 0.29) is 5.91 Å². The molecule has 4 rings (SSSR count). The number of amides is 2. The second kappa shape index (κ2) is 13.1. The van der Waals surface area contributed by atoms with Crippen LogP contribution in [0, 0.1) is 11.8 Å². The molecule has 2 aromatic carbocycles. The highest BCUT2D eigenvalue weighted by atomic mass is 19.4. The number of halogens is 3. The molecule has 38 heavy (non-hydrogen) atoms. The molecular weight excluding hydrogens is 503 g/mol. The number of carboxylic acids is 1. The monoisotopic (exact) mass is 533 g/mol. The summed E-state index contributed by atoms with van der Waals surface area (Å²) in [6, 6.07) is 20.2. The molecule has 2 aliphatic rings. The van der Waals surface area contributed by atoms with Crippen molar-refractivity contribution in [3.05, 3.63) is 71.8 Å². The third-order valence-corrected chi connectivity index (χ3v) is 6.63. The number of carbonyl (C=O) groups excluding carboxylic acids is 2. The topological polar surface area (TPSA) is 110 Å². The number of para-hydroxylation sites is 1. The molecule has 204 valence electrons. The first kappa shape index (κ1) is 28.7. The Labute approximate surface area is 218 Å². The van der Waals surface area contributed by atoms with Crippen LogP contribution in [-0.2, 0) is 14.4 Å². The van der Waals surface area contributed by atoms with Gasteiger partial charge in [-0.15, -0.1) is 0 Å². The van der Waals surface area contributed by atoms with Crippen LogP contribution in [0.1, 0.15) is 24.8 Å². The summed E-state index contributed by atoms with van der Waals surface area (Å²) < 4.78 is 31.7. The first-order valence-electron chi connectivity index (χ1n) is 12.2. The Morgan fingerprint density at radius 2 is 1.45 bits per heavy atom. The van der Waals surface area contributed by atoms with Gasteiger partial charge in [0, 0.05) is 31.9 Å². The summed E-state index contributed by atoms with van der Waals surface area (Å²) in [6.07, 6.45) is -1.10. The van der Waals surface area contributed by atoms with Crippen molar-refractivity contribution in [1.29, 1.82) is 0 Å². The van der Waals surface area contributed by atoms with Crippen LogP contribution in [0.2, 0.25) is 0 Å². The van der Waals surface area contributed by atoms with Crippen molar-refractivity contribution < 1.29 is 37.9 Å². The number of nitrogens with zero attached hydrogens (tertiary/aromatic N) is 2. The molecule has 8 nitrogen and oxygen atoms in total. The molecule has 3 N–H and O–H groups in total. The Balaban J connectivity index is 0.000000505. The van der Waals surface area contributed by atoms with Gasteiger partial charge in [0.25, 0.3) is 0 Å². The Morgan fingerprint density at radius 1 is 0.895 bits per heavy atom. The summed E-state index contributed by atoms with van der Waals surface area (Å²) in [5.41, 5.74) is 5.18. The van der Waals surface area contributed by atoms with Gasteiger partial charge in [-0.05, 0) is 37.0 Å². The predicted molar refractivity (Wildman–Crippen MR) is 134 cm³/mol. The number of piperazine rings is 1. The Hall–Kier alpha value is -3.86. The summed E-state index contributed by atoms with van der Waals surface area (Å²) in [6.45, 7) is 2.84. The summed E-state index contributed by atoms with van der Waals surface area (Å²) in [5, 5.41) is 16.4. The van der Waals surface area contributed by atoms with Gasteiger partial charge >= 0.3 is 12.1 Å². The van der Waals surface area contributed by atoms with Crippen LogP contribution in [0.25, 0.3) is 6.08 Å². The molecule has 2 amide bonds. The van der Waals surface area contributed by atoms with Gasteiger partial charge in [0.05, 0.1) is 11.8 Å². The molecule has 1 saturated heterocycles. The van der Waals surface area contributed by atoms with Gasteiger partial charge in [-0.1, -0.05) is 60.2 Å². The van der Waals surface area contributed by atoms with Crippen molar-refractivity contribution in [1.82, 2.24) is 10.4 Å². The maximum absolute atomic E-state index is 13.3. The fourth-order valence-electron chi connectivity index (χ4n) is 4.70. The van der Waals surface area contributed by atoms with Gasteiger partial charge in [0.1, 0.15) is 0 Å². The number of carboxylic acid groups (broad SMARTS) is 1. The SMILES string of the molecule is O=C(NO)[C@H]1C/C(=C/c2ccccc2)CC[C@@H]1C(=O)N1CCN(c2ccccc2)CC1.O=C(O)C(F)(F)F. The number of hydrogen-bond donors (Lipinski definition) is 3. The van der Waals surface area contributed by atoms with E-state index >= 15 is 0 Å². The molecule has 2 fully saturated rings. The van der Waals surface area contributed by atoms with Crippen LogP contribution < -0.4 is 10.4 Å². The normalized spacial score (nSPS) is 20.8. The van der Waals surface area contributed by atoms with Crippen LogP contribution >= 0.6 is 0 Å². The molecule has 1 aliphatic carbocycles. The maximum atomic E-state index is 13.3. The fraction of sp³-hybridized carbons (Fsp3) is 0.370. The van der Waals surface area contributed by atoms with Crippen molar-refractivity contribution in [2.75, 3.05) is 31.1 Å². The summed E-state index contributed by atoms with van der Waals surface area (Å²) in [5.74, 6) is -4.15. The standard InChI is InChI=1S/C25H29N3O3.C2HF3O2/c29-24(26-31)23-18-20(17-19-7-3-1-4-8-19)11-12-22(23)25(30)28-15-13-27(14-16-28)21-9-5-2-6-10-21;3-2(4,5)1(6)7/h1-10,17,22-23,31H,11-16,18H2,(H,26,29);(H,6,7)/b20-17+;/t22-,23-;/m0./s1. The number of anilines is 1. The summed E-state index contributed by atoms with van der Waals surface area (Å²) >= 11 is 0. The number of hydrogen-bond acceptors (Lipinski definition) is 5. The van der Waals surface area contributed by atoms with E-state index in [0.29, 0.717) is 25.9 Å². The van der Waals surface area contributed by atoms with Crippen LogP contribution in [0.15, 0.2) is 66.2 Å². The molecular formula is C27H30F3N3O5. The van der Waals surface area contributed by atoms with Gasteiger partial charge in [-0.2, -0.15) is 13.2 Å². The van der Waals surface area contributed by atoms with E-state index in [4.69, 9.17) is 9.90 Å². The average molecular weight is 534 g/mol. The minimum atomic E-state index is -5.08. The number of allylic oxidation sites excluding steroid dienone is 1. The zero-order chi connectivity index (χ0) is 27.7. The summed E-state index contributed by atoms with van der Waals surface area (Å²) in [7, 11) is 0. The molecule has 11 heteroatoms. The maximum Gasteiger partial charge on any atom is 0.490 e. The highest BCUT2D eigenvalue weighted by molar-refractivity contribution is 5.88. The molecule has 1 aliphatic heterocycles. The van der Waals surface area contributed by atoms with Crippen LogP contribution in [0.3, 0.4) is 0 Å². The Bertz CT molecular complexity index is 1120. The van der Waals surface area contributed by atoms with Crippen molar-refractivity contribution in [2.24, 2.45) is 11.8 Å². The highest BCUT2D eigenvalue weighted by Gasteiger charge is 2.40. The van der Waals surface area contributed by atoms with Gasteiger partial charge in [-0.25, -0.2) is 10.3 Å². The number of rotatable bonds is 4. The average Bonchev–Trinajstić information content (AvgIpc) is 2.93. The molecule has 0 radical (unpaired) electrons. The van der Waals surface area contributed by atoms with Crippen molar-refractivity contribution in [3.63, 3.8) is 0 Å². The molecule has 1 heterocycles. The molecule has 2 atom stereocenters. The number of aliphatic carboxylic acids is 1. The smallest absolute Gasteiger partial charge is 0.475 e. The fourth-order valence-corrected chi connectivity index (χ4v) is 4.70. The molecule has 0 unspecified atom stereocenters. The van der Waals surface area contributed by atoms with E-state index in [1.54, 1.807) is 5.48 Å². The van der Waals surface area contributed by atoms with E-state index in [0.717, 1.165) is 30.6 Å². The van der Waals surface area contributed by atoms with E-state index in [2.05, 4.69) is 23.1 Å². The largest absolute Gasteiger partial charge is 0.490 e. The van der Waals surface area contributed by atoms with E-state index < -0.39 is 29.9 Å². The van der Waals surface area contributed by atoms with Crippen molar-refractivity contribution in [2.45, 2.75) is 25.4 Å². The van der Waals surface area contributed by atoms with Gasteiger partial charge < -0.3 is 14.9 Å². The molecule has 0 aromatic heterocycles. The molecule has 2 aromatic rings. The second-order valence-electron chi connectivity index (χ2n) is 9.10. The first-order valence-corrected chi connectivity index (χ1v) is 12.2. The molecule has 0 spiro atoms. The number of carbonyl (C=O) groups is 3. The Morgan fingerprint density at radius 3 is 1.97 bits per heavy atom. The van der Waals surface area contributed by atoms with Gasteiger partial charge in [0.15, 0.2) is 0 Å². The second-order valence-corrected chi connectivity index (χ2v) is 9.10. The zero-order valence-electron chi connectivity index (χ0n) is 20.6. The van der Waals surface area contributed by atoms with Crippen LogP contribution in [0.5, 0.6) is 0 Å². The van der Waals surface area contributed by atoms with Gasteiger partial charge in [0.2, 0.25) is 11.8 Å². The summed E-state index contributed by atoms with van der Waals surface area (Å²) in [4.78, 5) is 38.8. The third-order valence-electron chi connectivity index (χ3n) is 6.63. The number of benzene rings is 2. The lowest BCUT2D eigenvalue weighted by Gasteiger charge is -2.40. The predicted octanol–water partition coefficient (Wildman–Crippen LogP) is 3.97. The van der Waals surface area contributed by atoms with Gasteiger partial charge in [-0.3, -0.25) is 14.8 Å². The minimum Gasteiger partial charge on any atom is -0.475 e. The highest BCUT2D eigenvalue weighted by Crippen LogP contribution is 2.36. The minimum absolute atomic E-state index is 0.0278. The van der Waals surface area contributed by atoms with Crippen molar-refractivity contribution in [3.8, 4) is 0 Å².